The van der Waals surface area contributed by atoms with Crippen LogP contribution in [0.1, 0.15) is 41.0 Å². The summed E-state index contributed by atoms with van der Waals surface area (Å²) >= 11 is 13.0. The molecule has 0 spiro atoms. The molecule has 1 rings (SSSR count). The number of carbonyl (C=O) groups excluding carboxylic acids is 1. The summed E-state index contributed by atoms with van der Waals surface area (Å²) < 4.78 is 10.2. The number of hydrogen-bond acceptors (Lipinski definition) is 3. The van der Waals surface area contributed by atoms with Gasteiger partial charge < -0.3 is 14.5 Å². The third kappa shape index (κ3) is 5.01. The first kappa shape index (κ1) is 20.1. The molecule has 1 aliphatic rings. The van der Waals surface area contributed by atoms with Gasteiger partial charge in [-0.3, -0.25) is 0 Å². The van der Waals surface area contributed by atoms with Crippen molar-refractivity contribution in [1.29, 1.82) is 0 Å². The average molecular weight is 370 g/mol. The molecule has 1 saturated heterocycles. The molecule has 0 aliphatic carbocycles. The van der Waals surface area contributed by atoms with E-state index < -0.39 is 24.8 Å². The number of alkyl carbamates (subject to hydrolysis) is 1. The highest BCUT2D eigenvalue weighted by molar-refractivity contribution is 6.74. The number of ether oxygens (including phenoxy) is 1. The van der Waals surface area contributed by atoms with E-state index in [1.54, 1.807) is 0 Å². The first-order chi connectivity index (χ1) is 9.76. The van der Waals surface area contributed by atoms with Gasteiger partial charge in [-0.15, -0.1) is 0 Å². The second-order valence-corrected chi connectivity index (χ2v) is 14.4. The maximum Gasteiger partial charge on any atom is 0.407 e. The molecule has 1 N–H and O–H groups in total. The predicted octanol–water partition coefficient (Wildman–Crippen LogP) is 4.71. The fourth-order valence-electron chi connectivity index (χ4n) is 2.10. The molecule has 7 heteroatoms. The molecule has 0 unspecified atom stereocenters. The summed E-state index contributed by atoms with van der Waals surface area (Å²) in [5.41, 5.74) is 0. The summed E-state index contributed by atoms with van der Waals surface area (Å²) in [6.07, 6.45) is -0.304. The highest BCUT2D eigenvalue weighted by atomic mass is 35.5. The number of cyclic esters (lactones) is 1. The summed E-state index contributed by atoms with van der Waals surface area (Å²) in [5.74, 6) is 0.403. The lowest BCUT2D eigenvalue weighted by Crippen LogP contribution is -2.49. The van der Waals surface area contributed by atoms with Gasteiger partial charge in [-0.25, -0.2) is 4.79 Å². The zero-order chi connectivity index (χ0) is 17.3. The lowest BCUT2D eigenvalue weighted by atomic mass is 9.98. The molecule has 1 amide bonds. The van der Waals surface area contributed by atoms with E-state index in [0.717, 1.165) is 6.42 Å². The molecule has 2 atom stereocenters. The summed E-state index contributed by atoms with van der Waals surface area (Å²) in [4.78, 5) is 11.6. The van der Waals surface area contributed by atoms with Crippen LogP contribution in [-0.4, -0.2) is 37.5 Å². The topological polar surface area (TPSA) is 47.6 Å². The summed E-state index contributed by atoms with van der Waals surface area (Å²) in [5, 5.41) is 2.86. The van der Waals surface area contributed by atoms with E-state index in [2.05, 4.69) is 53.0 Å². The van der Waals surface area contributed by atoms with E-state index >= 15 is 0 Å². The van der Waals surface area contributed by atoms with Gasteiger partial charge >= 0.3 is 6.09 Å². The number of carbonyl (C=O) groups is 1. The van der Waals surface area contributed by atoms with Crippen molar-refractivity contribution in [3.05, 3.63) is 0 Å². The molecule has 0 radical (unpaired) electrons. The molecule has 0 bridgehead atoms. The second-order valence-electron chi connectivity index (χ2n) is 8.02. The molecule has 0 aromatic rings. The fourth-order valence-corrected chi connectivity index (χ4v) is 3.81. The Morgan fingerprint density at radius 1 is 1.32 bits per heavy atom. The van der Waals surface area contributed by atoms with E-state index in [1.165, 1.54) is 0 Å². The van der Waals surface area contributed by atoms with Crippen LogP contribution in [0, 0.1) is 5.92 Å². The normalized spacial score (nSPS) is 23.6. The minimum Gasteiger partial charge on any atom is -0.441 e. The molecule has 4 nitrogen and oxygen atoms in total. The molecule has 0 saturated carbocycles. The van der Waals surface area contributed by atoms with Gasteiger partial charge in [0.2, 0.25) is 0 Å². The summed E-state index contributed by atoms with van der Waals surface area (Å²) in [6, 6.07) is -0.189. The monoisotopic (exact) mass is 369 g/mol. The van der Waals surface area contributed by atoms with Crippen LogP contribution in [-0.2, 0) is 9.16 Å². The van der Waals surface area contributed by atoms with Crippen molar-refractivity contribution >= 4 is 37.6 Å². The van der Waals surface area contributed by atoms with Gasteiger partial charge in [-0.1, -0.05) is 57.8 Å². The van der Waals surface area contributed by atoms with E-state index in [1.807, 2.05) is 0 Å². The van der Waals surface area contributed by atoms with E-state index in [0.29, 0.717) is 5.92 Å². The van der Waals surface area contributed by atoms with Crippen LogP contribution in [0.15, 0.2) is 0 Å². The number of nitrogens with one attached hydrogen (secondary N) is 1. The van der Waals surface area contributed by atoms with Crippen LogP contribution >= 0.6 is 23.2 Å². The van der Waals surface area contributed by atoms with Crippen molar-refractivity contribution in [2.75, 3.05) is 6.61 Å². The summed E-state index contributed by atoms with van der Waals surface area (Å²) in [6.45, 7) is 15.1. The van der Waals surface area contributed by atoms with Gasteiger partial charge in [0.15, 0.2) is 18.8 Å². The lowest BCUT2D eigenvalue weighted by molar-refractivity contribution is 0.100. The number of amides is 1. The first-order valence-corrected chi connectivity index (χ1v) is 11.4. The molecule has 0 aromatic carbocycles. The van der Waals surface area contributed by atoms with Crippen molar-refractivity contribution < 1.29 is 14.0 Å². The smallest absolute Gasteiger partial charge is 0.407 e. The molecule has 1 heterocycles. The standard InChI is InChI=1S/C15H29Cl2NO3Si/c1-10(2)8-11-12(21-13(19)18-11)15(16,17)9-20-22(6,7)14(3,4)5/h10-12H,8-9H2,1-7H3,(H,18,19)/t11-,12+/m0/s1. The van der Waals surface area contributed by atoms with Crippen LogP contribution in [0.25, 0.3) is 0 Å². The van der Waals surface area contributed by atoms with Crippen LogP contribution < -0.4 is 5.32 Å². The van der Waals surface area contributed by atoms with Gasteiger partial charge in [0.05, 0.1) is 12.6 Å². The fraction of sp³-hybridized carbons (Fsp3) is 0.933. The second kappa shape index (κ2) is 6.87. The summed E-state index contributed by atoms with van der Waals surface area (Å²) in [7, 11) is -1.97. The third-order valence-corrected chi connectivity index (χ3v) is 9.60. The Morgan fingerprint density at radius 2 is 1.86 bits per heavy atom. The Morgan fingerprint density at radius 3 is 2.32 bits per heavy atom. The Balaban J connectivity index is 2.78. The van der Waals surface area contributed by atoms with Gasteiger partial charge in [0.1, 0.15) is 0 Å². The van der Waals surface area contributed by atoms with Crippen molar-refractivity contribution in [3.8, 4) is 0 Å². The van der Waals surface area contributed by atoms with Crippen LogP contribution in [0.5, 0.6) is 0 Å². The molecule has 22 heavy (non-hydrogen) atoms. The van der Waals surface area contributed by atoms with Crippen molar-refractivity contribution in [1.82, 2.24) is 5.32 Å². The van der Waals surface area contributed by atoms with Crippen molar-refractivity contribution in [3.63, 3.8) is 0 Å². The maximum atomic E-state index is 11.6. The van der Waals surface area contributed by atoms with E-state index in [9.17, 15) is 4.79 Å². The Bertz CT molecular complexity index is 408. The number of halogens is 2. The highest BCUT2D eigenvalue weighted by Crippen LogP contribution is 2.40. The molecule has 1 aliphatic heterocycles. The molecular weight excluding hydrogens is 341 g/mol. The number of alkyl halides is 2. The first-order valence-electron chi connectivity index (χ1n) is 7.75. The molecule has 130 valence electrons. The minimum atomic E-state index is -1.97. The number of rotatable bonds is 6. The number of hydrogen-bond donors (Lipinski definition) is 1. The quantitative estimate of drug-likeness (QED) is 0.544. The Kier molecular flexibility index (Phi) is 6.27. The predicted molar refractivity (Wildman–Crippen MR) is 94.2 cm³/mol. The Labute approximate surface area is 145 Å². The highest BCUT2D eigenvalue weighted by Gasteiger charge is 2.50. The zero-order valence-corrected chi connectivity index (χ0v) is 17.1. The minimum absolute atomic E-state index is 0.0682. The maximum absolute atomic E-state index is 11.6. The lowest BCUT2D eigenvalue weighted by Gasteiger charge is -2.39. The Hall–Kier alpha value is 0.0269. The van der Waals surface area contributed by atoms with E-state index in [4.69, 9.17) is 32.4 Å². The average Bonchev–Trinajstić information content (AvgIpc) is 2.66. The largest absolute Gasteiger partial charge is 0.441 e. The zero-order valence-electron chi connectivity index (χ0n) is 14.6. The van der Waals surface area contributed by atoms with Gasteiger partial charge in [-0.05, 0) is 30.5 Å². The van der Waals surface area contributed by atoms with E-state index in [-0.39, 0.29) is 17.7 Å². The van der Waals surface area contributed by atoms with Crippen molar-refractivity contribution in [2.24, 2.45) is 5.92 Å². The van der Waals surface area contributed by atoms with Gasteiger partial charge in [-0.2, -0.15) is 0 Å². The van der Waals surface area contributed by atoms with Crippen molar-refractivity contribution in [2.45, 2.75) is 75.7 Å². The van der Waals surface area contributed by atoms with Crippen LogP contribution in [0.3, 0.4) is 0 Å². The van der Waals surface area contributed by atoms with Gasteiger partial charge in [0.25, 0.3) is 0 Å². The molecular formula is C15H29Cl2NO3Si. The SMILES string of the molecule is CC(C)C[C@@H]1NC(=O)O[C@H]1C(Cl)(Cl)CO[Si](C)(C)C(C)(C)C. The van der Waals surface area contributed by atoms with Crippen LogP contribution in [0.4, 0.5) is 4.79 Å². The molecule has 1 fully saturated rings. The third-order valence-electron chi connectivity index (χ3n) is 4.48. The molecule has 0 aromatic heterocycles. The van der Waals surface area contributed by atoms with Gasteiger partial charge in [0, 0.05) is 0 Å². The van der Waals surface area contributed by atoms with Crippen LogP contribution in [0.2, 0.25) is 18.1 Å².